The first-order chi connectivity index (χ1) is 9.10. The van der Waals surface area contributed by atoms with E-state index in [9.17, 15) is 4.79 Å². The fourth-order valence-electron chi connectivity index (χ4n) is 1.74. The van der Waals surface area contributed by atoms with Gasteiger partial charge in [0.15, 0.2) is 5.69 Å². The van der Waals surface area contributed by atoms with Crippen molar-refractivity contribution < 1.29 is 9.53 Å². The number of carbonyl (C=O) groups excluding carboxylic acids is 1. The molecule has 0 saturated heterocycles. The van der Waals surface area contributed by atoms with Gasteiger partial charge in [-0.15, -0.1) is 11.3 Å². The molecule has 1 aromatic carbocycles. The molecule has 0 fully saturated rings. The zero-order valence-electron chi connectivity index (χ0n) is 10.8. The van der Waals surface area contributed by atoms with E-state index in [2.05, 4.69) is 27.0 Å². The van der Waals surface area contributed by atoms with Crippen LogP contribution in [-0.4, -0.2) is 17.6 Å². The van der Waals surface area contributed by atoms with E-state index in [-0.39, 0.29) is 5.97 Å². The highest BCUT2D eigenvalue weighted by atomic mass is 79.9. The second-order valence-electron chi connectivity index (χ2n) is 4.04. The number of thiazole rings is 1. The van der Waals surface area contributed by atoms with Crippen LogP contribution in [0.3, 0.4) is 0 Å². The second-order valence-corrected chi connectivity index (χ2v) is 6.24. The normalized spacial score (nSPS) is 10.5. The lowest BCUT2D eigenvalue weighted by atomic mass is 10.2. The number of benzene rings is 1. The van der Waals surface area contributed by atoms with Crippen LogP contribution in [0.2, 0.25) is 0 Å². The standard InChI is InChI=1S/C14H14BrNO2S/c1-3-18-14(17)13-9(2)19-12(16-13)8-10-5-4-6-11(15)7-10/h4-7H,3,8H2,1-2H3. The van der Waals surface area contributed by atoms with Crippen molar-refractivity contribution in [1.29, 1.82) is 0 Å². The minimum absolute atomic E-state index is 0.336. The highest BCUT2D eigenvalue weighted by Gasteiger charge is 2.16. The maximum Gasteiger partial charge on any atom is 0.358 e. The van der Waals surface area contributed by atoms with Crippen molar-refractivity contribution in [1.82, 2.24) is 4.98 Å². The third-order valence-corrected chi connectivity index (χ3v) is 4.02. The average molecular weight is 340 g/mol. The predicted molar refractivity (Wildman–Crippen MR) is 79.8 cm³/mol. The summed E-state index contributed by atoms with van der Waals surface area (Å²) in [5.74, 6) is -0.336. The molecular formula is C14H14BrNO2S. The largest absolute Gasteiger partial charge is 0.461 e. The van der Waals surface area contributed by atoms with E-state index in [4.69, 9.17) is 4.74 Å². The Morgan fingerprint density at radius 3 is 2.95 bits per heavy atom. The van der Waals surface area contributed by atoms with Crippen LogP contribution in [-0.2, 0) is 11.2 Å². The third kappa shape index (κ3) is 3.64. The molecule has 0 aliphatic heterocycles. The van der Waals surface area contributed by atoms with E-state index in [1.165, 1.54) is 5.56 Å². The molecule has 2 aromatic rings. The summed E-state index contributed by atoms with van der Waals surface area (Å²) in [6.45, 7) is 4.06. The number of esters is 1. The Morgan fingerprint density at radius 1 is 1.47 bits per heavy atom. The first kappa shape index (κ1) is 14.2. The lowest BCUT2D eigenvalue weighted by Crippen LogP contribution is -2.06. The van der Waals surface area contributed by atoms with Gasteiger partial charge in [0.05, 0.1) is 11.6 Å². The number of ether oxygens (including phenoxy) is 1. The number of rotatable bonds is 4. The molecule has 19 heavy (non-hydrogen) atoms. The van der Waals surface area contributed by atoms with Crippen LogP contribution in [0.15, 0.2) is 28.7 Å². The van der Waals surface area contributed by atoms with Gasteiger partial charge in [-0.2, -0.15) is 0 Å². The van der Waals surface area contributed by atoms with Gasteiger partial charge in [0.1, 0.15) is 0 Å². The Kier molecular flexibility index (Phi) is 4.71. The Morgan fingerprint density at radius 2 is 2.26 bits per heavy atom. The summed E-state index contributed by atoms with van der Waals surface area (Å²) in [6, 6.07) is 8.08. The SMILES string of the molecule is CCOC(=O)c1nc(Cc2cccc(Br)c2)sc1C. The van der Waals surface area contributed by atoms with Crippen molar-refractivity contribution in [3.05, 3.63) is 49.9 Å². The number of halogens is 1. The molecule has 0 saturated carbocycles. The molecule has 0 aliphatic rings. The van der Waals surface area contributed by atoms with Crippen molar-refractivity contribution in [3.8, 4) is 0 Å². The summed E-state index contributed by atoms with van der Waals surface area (Å²) < 4.78 is 6.03. The highest BCUT2D eigenvalue weighted by Crippen LogP contribution is 2.22. The zero-order valence-corrected chi connectivity index (χ0v) is 13.2. The van der Waals surface area contributed by atoms with Gasteiger partial charge in [-0.1, -0.05) is 28.1 Å². The van der Waals surface area contributed by atoms with Gasteiger partial charge in [0.2, 0.25) is 0 Å². The second kappa shape index (κ2) is 6.30. The van der Waals surface area contributed by atoms with Gasteiger partial charge in [-0.25, -0.2) is 9.78 Å². The summed E-state index contributed by atoms with van der Waals surface area (Å²) in [5.41, 5.74) is 1.61. The summed E-state index contributed by atoms with van der Waals surface area (Å²) in [6.07, 6.45) is 0.727. The van der Waals surface area contributed by atoms with Gasteiger partial charge in [-0.3, -0.25) is 0 Å². The summed E-state index contributed by atoms with van der Waals surface area (Å²) in [7, 11) is 0. The summed E-state index contributed by atoms with van der Waals surface area (Å²) in [4.78, 5) is 17.0. The predicted octanol–water partition coefficient (Wildman–Crippen LogP) is 3.98. The maximum absolute atomic E-state index is 11.7. The highest BCUT2D eigenvalue weighted by molar-refractivity contribution is 9.10. The van der Waals surface area contributed by atoms with Crippen LogP contribution in [0.4, 0.5) is 0 Å². The average Bonchev–Trinajstić information content (AvgIpc) is 2.70. The number of nitrogens with zero attached hydrogens (tertiary/aromatic N) is 1. The van der Waals surface area contributed by atoms with E-state index >= 15 is 0 Å². The van der Waals surface area contributed by atoms with Crippen LogP contribution in [0, 0.1) is 6.92 Å². The van der Waals surface area contributed by atoms with E-state index in [1.54, 1.807) is 18.3 Å². The third-order valence-electron chi connectivity index (χ3n) is 2.55. The first-order valence-electron chi connectivity index (χ1n) is 5.98. The quantitative estimate of drug-likeness (QED) is 0.791. The molecule has 100 valence electrons. The van der Waals surface area contributed by atoms with Crippen molar-refractivity contribution in [2.45, 2.75) is 20.3 Å². The van der Waals surface area contributed by atoms with Crippen molar-refractivity contribution in [2.24, 2.45) is 0 Å². The molecule has 0 atom stereocenters. The molecule has 0 bridgehead atoms. The van der Waals surface area contributed by atoms with Crippen molar-refractivity contribution in [3.63, 3.8) is 0 Å². The minimum Gasteiger partial charge on any atom is -0.461 e. The Hall–Kier alpha value is -1.20. The number of hydrogen-bond donors (Lipinski definition) is 0. The molecule has 0 radical (unpaired) electrons. The molecule has 0 spiro atoms. The molecule has 0 amide bonds. The van der Waals surface area contributed by atoms with Gasteiger partial charge in [0.25, 0.3) is 0 Å². The van der Waals surface area contributed by atoms with Crippen molar-refractivity contribution in [2.75, 3.05) is 6.61 Å². The Bertz CT molecular complexity index is 595. The molecule has 1 heterocycles. The fourth-order valence-corrected chi connectivity index (χ4v) is 3.14. The topological polar surface area (TPSA) is 39.2 Å². The van der Waals surface area contributed by atoms with E-state index < -0.39 is 0 Å². The van der Waals surface area contributed by atoms with Crippen molar-refractivity contribution >= 4 is 33.2 Å². The van der Waals surface area contributed by atoms with Gasteiger partial charge in [-0.05, 0) is 31.5 Å². The van der Waals surface area contributed by atoms with Crippen LogP contribution in [0.5, 0.6) is 0 Å². The minimum atomic E-state index is -0.336. The molecule has 2 rings (SSSR count). The first-order valence-corrected chi connectivity index (χ1v) is 7.59. The monoisotopic (exact) mass is 339 g/mol. The Labute approximate surface area is 124 Å². The van der Waals surface area contributed by atoms with Gasteiger partial charge < -0.3 is 4.74 Å². The molecule has 0 unspecified atom stereocenters. The molecule has 1 aromatic heterocycles. The van der Waals surface area contributed by atoms with Crippen LogP contribution in [0.1, 0.15) is 32.9 Å². The smallest absolute Gasteiger partial charge is 0.358 e. The molecule has 0 aliphatic carbocycles. The van der Waals surface area contributed by atoms with Crippen LogP contribution < -0.4 is 0 Å². The number of hydrogen-bond acceptors (Lipinski definition) is 4. The van der Waals surface area contributed by atoms with E-state index in [0.29, 0.717) is 12.3 Å². The van der Waals surface area contributed by atoms with Gasteiger partial charge in [0, 0.05) is 15.8 Å². The zero-order chi connectivity index (χ0) is 13.8. The number of aromatic nitrogens is 1. The summed E-state index contributed by atoms with van der Waals surface area (Å²) in [5, 5.41) is 0.929. The molecular weight excluding hydrogens is 326 g/mol. The molecule has 5 heteroatoms. The van der Waals surface area contributed by atoms with Crippen LogP contribution >= 0.6 is 27.3 Å². The molecule has 0 N–H and O–H groups in total. The lowest BCUT2D eigenvalue weighted by molar-refractivity contribution is 0.0519. The number of aryl methyl sites for hydroxylation is 1. The number of carbonyl (C=O) groups is 1. The van der Waals surface area contributed by atoms with Crippen LogP contribution in [0.25, 0.3) is 0 Å². The molecule has 3 nitrogen and oxygen atoms in total. The maximum atomic E-state index is 11.7. The lowest BCUT2D eigenvalue weighted by Gasteiger charge is -1.99. The van der Waals surface area contributed by atoms with Gasteiger partial charge >= 0.3 is 5.97 Å². The fraction of sp³-hybridized carbons (Fsp3) is 0.286. The Balaban J connectivity index is 2.18. The summed E-state index contributed by atoms with van der Waals surface area (Å²) >= 11 is 4.99. The van der Waals surface area contributed by atoms with E-state index in [0.717, 1.165) is 20.8 Å². The van der Waals surface area contributed by atoms with E-state index in [1.807, 2.05) is 25.1 Å².